The van der Waals surface area contributed by atoms with Gasteiger partial charge in [0.05, 0.1) is 11.2 Å². The molecule has 0 bridgehead atoms. The molecule has 0 saturated carbocycles. The summed E-state index contributed by atoms with van der Waals surface area (Å²) < 4.78 is 0. The number of halogens is 1. The molecule has 0 fully saturated rings. The minimum Gasteiger partial charge on any atom is -0.228 e. The Morgan fingerprint density at radius 2 is 1.25 bits per heavy atom. The van der Waals surface area contributed by atoms with Gasteiger partial charge in [-0.05, 0) is 51.9 Å². The van der Waals surface area contributed by atoms with Crippen LogP contribution in [0.3, 0.4) is 0 Å². The van der Waals surface area contributed by atoms with Gasteiger partial charge in [0.2, 0.25) is 0 Å². The second-order valence-electron chi connectivity index (χ2n) is 9.98. The van der Waals surface area contributed by atoms with E-state index in [0.29, 0.717) is 5.82 Å². The van der Waals surface area contributed by atoms with Gasteiger partial charge in [-0.25, -0.2) is 9.97 Å². The van der Waals surface area contributed by atoms with Crippen molar-refractivity contribution in [2.75, 3.05) is 0 Å². The highest BCUT2D eigenvalue weighted by Crippen LogP contribution is 2.49. The molecule has 172 valence electrons. The molecule has 0 N–H and O–H groups in total. The standard InChI is InChI=1S/C33H23ClN2/c1-33(2)27-13-7-5-10-22(27)23-16-15-20(19-28(23)33)31-26-12-6-8-14-30(26)35-32(36-31)25-17-18-29(34)24-11-4-3-9-21(24)25/h3-19H,1-2H3. The molecule has 0 unspecified atom stereocenters. The maximum Gasteiger partial charge on any atom is 0.161 e. The molecule has 0 saturated heterocycles. The van der Waals surface area contributed by atoms with E-state index < -0.39 is 0 Å². The van der Waals surface area contributed by atoms with Gasteiger partial charge in [-0.3, -0.25) is 0 Å². The van der Waals surface area contributed by atoms with Crippen LogP contribution >= 0.6 is 11.6 Å². The Morgan fingerprint density at radius 3 is 2.11 bits per heavy atom. The molecular weight excluding hydrogens is 460 g/mol. The summed E-state index contributed by atoms with van der Waals surface area (Å²) in [5, 5.41) is 3.84. The molecule has 36 heavy (non-hydrogen) atoms. The predicted octanol–water partition coefficient (Wildman–Crippen LogP) is 9.08. The van der Waals surface area contributed by atoms with Crippen molar-refractivity contribution in [1.82, 2.24) is 9.97 Å². The maximum absolute atomic E-state index is 6.52. The first-order valence-electron chi connectivity index (χ1n) is 12.2. The van der Waals surface area contributed by atoms with Gasteiger partial charge >= 0.3 is 0 Å². The van der Waals surface area contributed by atoms with Crippen LogP contribution in [0.4, 0.5) is 0 Å². The second kappa shape index (κ2) is 7.74. The molecule has 0 aliphatic heterocycles. The summed E-state index contributed by atoms with van der Waals surface area (Å²) in [6.07, 6.45) is 0. The van der Waals surface area contributed by atoms with Crippen LogP contribution in [0.1, 0.15) is 25.0 Å². The number of hydrogen-bond acceptors (Lipinski definition) is 2. The Balaban J connectivity index is 1.48. The largest absolute Gasteiger partial charge is 0.228 e. The van der Waals surface area contributed by atoms with E-state index in [1.165, 1.54) is 22.3 Å². The number of fused-ring (bicyclic) bond motifs is 5. The summed E-state index contributed by atoms with van der Waals surface area (Å²) >= 11 is 6.52. The smallest absolute Gasteiger partial charge is 0.161 e. The average molecular weight is 483 g/mol. The molecule has 1 aliphatic carbocycles. The summed E-state index contributed by atoms with van der Waals surface area (Å²) in [6, 6.07) is 35.9. The lowest BCUT2D eigenvalue weighted by Crippen LogP contribution is -2.15. The number of nitrogens with zero attached hydrogens (tertiary/aromatic N) is 2. The van der Waals surface area contributed by atoms with Gasteiger partial charge < -0.3 is 0 Å². The highest BCUT2D eigenvalue weighted by molar-refractivity contribution is 6.36. The Bertz CT molecular complexity index is 1830. The molecule has 6 aromatic rings. The van der Waals surface area contributed by atoms with Crippen LogP contribution in [-0.2, 0) is 5.41 Å². The molecular formula is C33H23ClN2. The molecule has 0 atom stereocenters. The Hall–Kier alpha value is -4.01. The molecule has 3 heteroatoms. The number of benzene rings is 5. The minimum absolute atomic E-state index is 0.0695. The van der Waals surface area contributed by atoms with Crippen molar-refractivity contribution in [3.8, 4) is 33.8 Å². The normalized spacial score (nSPS) is 13.6. The van der Waals surface area contributed by atoms with Crippen LogP contribution in [0.25, 0.3) is 55.4 Å². The number of para-hydroxylation sites is 1. The zero-order chi connectivity index (χ0) is 24.4. The zero-order valence-corrected chi connectivity index (χ0v) is 20.8. The number of rotatable bonds is 2. The third-order valence-electron chi connectivity index (χ3n) is 7.57. The molecule has 1 aliphatic rings. The zero-order valence-electron chi connectivity index (χ0n) is 20.1. The lowest BCUT2D eigenvalue weighted by molar-refractivity contribution is 0.660. The van der Waals surface area contributed by atoms with E-state index in [1.54, 1.807) is 0 Å². The van der Waals surface area contributed by atoms with E-state index in [0.717, 1.165) is 43.5 Å². The highest BCUT2D eigenvalue weighted by Gasteiger charge is 2.35. The lowest BCUT2D eigenvalue weighted by Gasteiger charge is -2.22. The second-order valence-corrected chi connectivity index (χ2v) is 10.4. The van der Waals surface area contributed by atoms with Gasteiger partial charge in [-0.2, -0.15) is 0 Å². The van der Waals surface area contributed by atoms with Crippen molar-refractivity contribution >= 4 is 33.3 Å². The van der Waals surface area contributed by atoms with Crippen LogP contribution in [0.2, 0.25) is 5.02 Å². The van der Waals surface area contributed by atoms with Crippen LogP contribution in [0.5, 0.6) is 0 Å². The number of aromatic nitrogens is 2. The third-order valence-corrected chi connectivity index (χ3v) is 7.90. The van der Waals surface area contributed by atoms with Gasteiger partial charge in [0.1, 0.15) is 0 Å². The van der Waals surface area contributed by atoms with Crippen molar-refractivity contribution in [2.24, 2.45) is 0 Å². The molecule has 7 rings (SSSR count). The number of hydrogen-bond donors (Lipinski definition) is 0. The maximum atomic E-state index is 6.52. The van der Waals surface area contributed by atoms with Crippen molar-refractivity contribution in [2.45, 2.75) is 19.3 Å². The highest BCUT2D eigenvalue weighted by atomic mass is 35.5. The minimum atomic E-state index is -0.0695. The van der Waals surface area contributed by atoms with Crippen molar-refractivity contribution in [3.63, 3.8) is 0 Å². The topological polar surface area (TPSA) is 25.8 Å². The summed E-state index contributed by atoms with van der Waals surface area (Å²) in [7, 11) is 0. The Morgan fingerprint density at radius 1 is 0.583 bits per heavy atom. The first kappa shape index (κ1) is 21.3. The van der Waals surface area contributed by atoms with Crippen molar-refractivity contribution in [3.05, 3.63) is 119 Å². The van der Waals surface area contributed by atoms with E-state index in [1.807, 2.05) is 36.4 Å². The predicted molar refractivity (Wildman–Crippen MR) is 150 cm³/mol. The van der Waals surface area contributed by atoms with Crippen molar-refractivity contribution in [1.29, 1.82) is 0 Å². The fourth-order valence-electron chi connectivity index (χ4n) is 5.73. The van der Waals surface area contributed by atoms with Gasteiger partial charge in [0, 0.05) is 32.3 Å². The molecule has 1 aromatic heterocycles. The first-order chi connectivity index (χ1) is 17.5. The summed E-state index contributed by atoms with van der Waals surface area (Å²) in [5.74, 6) is 0.708. The quantitative estimate of drug-likeness (QED) is 0.246. The van der Waals surface area contributed by atoms with E-state index in [9.17, 15) is 0 Å². The fraction of sp³-hybridized carbons (Fsp3) is 0.0909. The van der Waals surface area contributed by atoms with Gasteiger partial charge in [-0.1, -0.05) is 104 Å². The monoisotopic (exact) mass is 482 g/mol. The van der Waals surface area contributed by atoms with Gasteiger partial charge in [-0.15, -0.1) is 0 Å². The first-order valence-corrected chi connectivity index (χ1v) is 12.6. The fourth-order valence-corrected chi connectivity index (χ4v) is 5.95. The molecule has 0 spiro atoms. The SMILES string of the molecule is CC1(C)c2ccccc2-c2ccc(-c3nc(-c4ccc(Cl)c5ccccc45)nc4ccccc34)cc21. The van der Waals surface area contributed by atoms with Crippen LogP contribution < -0.4 is 0 Å². The van der Waals surface area contributed by atoms with E-state index in [-0.39, 0.29) is 5.41 Å². The van der Waals surface area contributed by atoms with Crippen LogP contribution in [-0.4, -0.2) is 9.97 Å². The van der Waals surface area contributed by atoms with E-state index in [2.05, 4.69) is 80.6 Å². The third kappa shape index (κ3) is 3.04. The summed E-state index contributed by atoms with van der Waals surface area (Å²) in [4.78, 5) is 10.2. The average Bonchev–Trinajstić information content (AvgIpc) is 3.15. The molecule has 1 heterocycles. The Labute approximate surface area is 215 Å². The van der Waals surface area contributed by atoms with Crippen LogP contribution in [0.15, 0.2) is 103 Å². The van der Waals surface area contributed by atoms with Gasteiger partial charge in [0.25, 0.3) is 0 Å². The van der Waals surface area contributed by atoms with Crippen molar-refractivity contribution < 1.29 is 0 Å². The molecule has 5 aromatic carbocycles. The van der Waals surface area contributed by atoms with E-state index in [4.69, 9.17) is 21.6 Å². The summed E-state index contributed by atoms with van der Waals surface area (Å²) in [6.45, 7) is 4.62. The molecule has 0 amide bonds. The summed E-state index contributed by atoms with van der Waals surface area (Å²) in [5.41, 5.74) is 9.24. The Kier molecular flexibility index (Phi) is 4.58. The molecule has 2 nitrogen and oxygen atoms in total. The van der Waals surface area contributed by atoms with Crippen LogP contribution in [0, 0.1) is 0 Å². The lowest BCUT2D eigenvalue weighted by atomic mass is 9.82. The van der Waals surface area contributed by atoms with Gasteiger partial charge in [0.15, 0.2) is 5.82 Å². The van der Waals surface area contributed by atoms with E-state index >= 15 is 0 Å². The molecule has 0 radical (unpaired) electrons.